The first kappa shape index (κ1) is 15.6. The number of nitrogens with two attached hydrogens (primary N) is 1. The zero-order valence-electron chi connectivity index (χ0n) is 12.0. The zero-order valence-corrected chi connectivity index (χ0v) is 12.9. The van der Waals surface area contributed by atoms with Crippen LogP contribution in [-0.4, -0.2) is 27.8 Å². The summed E-state index contributed by atoms with van der Waals surface area (Å²) in [5.41, 5.74) is 5.65. The molecule has 0 atom stereocenters. The van der Waals surface area contributed by atoms with Crippen molar-refractivity contribution in [2.45, 2.75) is 37.3 Å². The summed E-state index contributed by atoms with van der Waals surface area (Å²) in [6, 6.07) is 3.35. The van der Waals surface area contributed by atoms with E-state index in [1.165, 1.54) is 18.9 Å². The van der Waals surface area contributed by atoms with Crippen molar-refractivity contribution in [2.75, 3.05) is 7.11 Å². The molecule has 0 fully saturated rings. The fraction of sp³-hybridized carbons (Fsp3) is 0.462. The van der Waals surface area contributed by atoms with E-state index in [0.29, 0.717) is 18.1 Å². The van der Waals surface area contributed by atoms with E-state index in [-0.39, 0.29) is 5.76 Å². The van der Waals surface area contributed by atoms with Crippen molar-refractivity contribution in [1.82, 2.24) is 14.8 Å². The van der Waals surface area contributed by atoms with Crippen molar-refractivity contribution < 1.29 is 13.9 Å². The number of rotatable bonds is 7. The van der Waals surface area contributed by atoms with E-state index in [9.17, 15) is 4.79 Å². The van der Waals surface area contributed by atoms with Crippen molar-refractivity contribution in [3.63, 3.8) is 0 Å². The molecule has 2 rings (SSSR count). The molecular weight excluding hydrogens is 292 g/mol. The topological polar surface area (TPSA) is 96.2 Å². The predicted octanol–water partition coefficient (Wildman–Crippen LogP) is 1.82. The van der Waals surface area contributed by atoms with E-state index in [2.05, 4.69) is 21.9 Å². The Morgan fingerprint density at radius 2 is 2.29 bits per heavy atom. The summed E-state index contributed by atoms with van der Waals surface area (Å²) in [7, 11) is 1.32. The molecule has 0 aromatic carbocycles. The van der Waals surface area contributed by atoms with Crippen LogP contribution in [0.5, 0.6) is 0 Å². The Kier molecular flexibility index (Phi) is 5.40. The molecule has 114 valence electrons. The molecule has 2 aromatic heterocycles. The molecule has 21 heavy (non-hydrogen) atoms. The molecule has 8 heteroatoms. The third kappa shape index (κ3) is 3.64. The van der Waals surface area contributed by atoms with Crippen molar-refractivity contribution >= 4 is 17.7 Å². The zero-order chi connectivity index (χ0) is 15.2. The molecule has 0 aliphatic carbocycles. The first-order valence-electron chi connectivity index (χ1n) is 6.61. The average molecular weight is 310 g/mol. The normalized spacial score (nSPS) is 10.8. The Labute approximate surface area is 126 Å². The molecule has 0 bridgehead atoms. The SMILES string of the molecule is CCCn1c(CN)nnc1SCc1ccc(C(=O)OC)o1. The van der Waals surface area contributed by atoms with Crippen LogP contribution in [0.15, 0.2) is 21.7 Å². The summed E-state index contributed by atoms with van der Waals surface area (Å²) in [6.45, 7) is 3.28. The molecule has 0 saturated carbocycles. The van der Waals surface area contributed by atoms with Crippen LogP contribution in [0, 0.1) is 0 Å². The number of carbonyl (C=O) groups excluding carboxylic acids is 1. The summed E-state index contributed by atoms with van der Waals surface area (Å²) >= 11 is 1.50. The van der Waals surface area contributed by atoms with Crippen LogP contribution in [0.3, 0.4) is 0 Å². The highest BCUT2D eigenvalue weighted by Gasteiger charge is 2.14. The van der Waals surface area contributed by atoms with Crippen molar-refractivity contribution in [1.29, 1.82) is 0 Å². The fourth-order valence-electron chi connectivity index (χ4n) is 1.83. The van der Waals surface area contributed by atoms with Gasteiger partial charge in [-0.15, -0.1) is 10.2 Å². The van der Waals surface area contributed by atoms with Crippen molar-refractivity contribution in [2.24, 2.45) is 5.73 Å². The Bertz CT molecular complexity index is 608. The van der Waals surface area contributed by atoms with Gasteiger partial charge < -0.3 is 19.5 Å². The molecular formula is C13H18N4O3S. The van der Waals surface area contributed by atoms with E-state index in [4.69, 9.17) is 10.2 Å². The number of hydrogen-bond donors (Lipinski definition) is 1. The highest BCUT2D eigenvalue weighted by Crippen LogP contribution is 2.23. The second-order valence-electron chi connectivity index (χ2n) is 4.30. The number of esters is 1. The van der Waals surface area contributed by atoms with Crippen LogP contribution in [0.4, 0.5) is 0 Å². The number of nitrogens with zero attached hydrogens (tertiary/aromatic N) is 3. The second-order valence-corrected chi connectivity index (χ2v) is 5.24. The first-order chi connectivity index (χ1) is 10.2. The minimum atomic E-state index is -0.481. The minimum absolute atomic E-state index is 0.200. The molecule has 0 radical (unpaired) electrons. The molecule has 0 aliphatic heterocycles. The summed E-state index contributed by atoms with van der Waals surface area (Å²) in [6.07, 6.45) is 0.978. The highest BCUT2D eigenvalue weighted by atomic mass is 32.2. The van der Waals surface area contributed by atoms with Crippen molar-refractivity contribution in [3.05, 3.63) is 29.5 Å². The number of hydrogen-bond acceptors (Lipinski definition) is 7. The van der Waals surface area contributed by atoms with Crippen LogP contribution in [0.25, 0.3) is 0 Å². The summed E-state index contributed by atoms with van der Waals surface area (Å²) in [4.78, 5) is 11.3. The van der Waals surface area contributed by atoms with Crippen molar-refractivity contribution in [3.8, 4) is 0 Å². The largest absolute Gasteiger partial charge is 0.463 e. The van der Waals surface area contributed by atoms with E-state index in [0.717, 1.165) is 23.9 Å². The molecule has 2 heterocycles. The third-order valence-corrected chi connectivity index (χ3v) is 3.80. The van der Waals surface area contributed by atoms with Gasteiger partial charge in [0, 0.05) is 6.54 Å². The Hall–Kier alpha value is -1.80. The van der Waals surface area contributed by atoms with Gasteiger partial charge in [0.25, 0.3) is 0 Å². The maximum Gasteiger partial charge on any atom is 0.373 e. The molecule has 2 N–H and O–H groups in total. The standard InChI is InChI=1S/C13H18N4O3S/c1-3-6-17-11(7-14)15-16-13(17)21-8-9-4-5-10(20-9)12(18)19-2/h4-5H,3,6-8,14H2,1-2H3. The fourth-order valence-corrected chi connectivity index (χ4v) is 2.70. The van der Waals surface area contributed by atoms with Crippen LogP contribution in [0.2, 0.25) is 0 Å². The summed E-state index contributed by atoms with van der Waals surface area (Å²) in [5, 5.41) is 9.02. The van der Waals surface area contributed by atoms with Gasteiger partial charge in [0.2, 0.25) is 5.76 Å². The van der Waals surface area contributed by atoms with Gasteiger partial charge in [0.05, 0.1) is 19.4 Å². The highest BCUT2D eigenvalue weighted by molar-refractivity contribution is 7.98. The number of carbonyl (C=O) groups is 1. The lowest BCUT2D eigenvalue weighted by Crippen LogP contribution is -2.09. The lowest BCUT2D eigenvalue weighted by molar-refractivity contribution is 0.0563. The lowest BCUT2D eigenvalue weighted by atomic mass is 10.4. The van der Waals surface area contributed by atoms with E-state index >= 15 is 0 Å². The van der Waals surface area contributed by atoms with Gasteiger partial charge in [0.15, 0.2) is 5.16 Å². The van der Waals surface area contributed by atoms with Gasteiger partial charge in [-0.1, -0.05) is 18.7 Å². The molecule has 0 unspecified atom stereocenters. The monoisotopic (exact) mass is 310 g/mol. The number of methoxy groups -OCH3 is 1. The molecule has 0 aliphatic rings. The molecule has 0 saturated heterocycles. The van der Waals surface area contributed by atoms with E-state index < -0.39 is 5.97 Å². The van der Waals surface area contributed by atoms with E-state index in [1.54, 1.807) is 12.1 Å². The number of furan rings is 1. The summed E-state index contributed by atoms with van der Waals surface area (Å²) in [5.74, 6) is 1.73. The average Bonchev–Trinajstić information content (AvgIpc) is 3.11. The van der Waals surface area contributed by atoms with Gasteiger partial charge in [-0.2, -0.15) is 0 Å². The predicted molar refractivity (Wildman–Crippen MR) is 77.8 cm³/mol. The number of thioether (sulfide) groups is 1. The van der Waals surface area contributed by atoms with Crippen LogP contribution >= 0.6 is 11.8 Å². The first-order valence-corrected chi connectivity index (χ1v) is 7.60. The van der Waals surface area contributed by atoms with Gasteiger partial charge in [0.1, 0.15) is 11.6 Å². The minimum Gasteiger partial charge on any atom is -0.463 e. The Morgan fingerprint density at radius 3 is 2.95 bits per heavy atom. The molecule has 2 aromatic rings. The third-order valence-electron chi connectivity index (χ3n) is 2.81. The Morgan fingerprint density at radius 1 is 1.48 bits per heavy atom. The van der Waals surface area contributed by atoms with E-state index in [1.807, 2.05) is 4.57 Å². The maximum absolute atomic E-state index is 11.3. The number of aromatic nitrogens is 3. The molecule has 7 nitrogen and oxygen atoms in total. The maximum atomic E-state index is 11.3. The van der Waals surface area contributed by atoms with Crippen LogP contribution in [-0.2, 0) is 23.6 Å². The van der Waals surface area contributed by atoms with Gasteiger partial charge in [-0.25, -0.2) is 4.79 Å². The molecule has 0 amide bonds. The van der Waals surface area contributed by atoms with Gasteiger partial charge in [-0.3, -0.25) is 0 Å². The van der Waals surface area contributed by atoms with Gasteiger partial charge >= 0.3 is 5.97 Å². The van der Waals surface area contributed by atoms with Crippen LogP contribution < -0.4 is 5.73 Å². The smallest absolute Gasteiger partial charge is 0.373 e. The lowest BCUT2D eigenvalue weighted by Gasteiger charge is -2.06. The Balaban J connectivity index is 2.04. The van der Waals surface area contributed by atoms with Crippen LogP contribution in [0.1, 0.15) is 35.5 Å². The second kappa shape index (κ2) is 7.28. The molecule has 0 spiro atoms. The quantitative estimate of drug-likeness (QED) is 0.615. The van der Waals surface area contributed by atoms with Gasteiger partial charge in [-0.05, 0) is 18.6 Å². The number of ether oxygens (including phenoxy) is 1. The summed E-state index contributed by atoms with van der Waals surface area (Å²) < 4.78 is 12.0.